The van der Waals surface area contributed by atoms with E-state index in [1.54, 1.807) is 7.05 Å². The predicted octanol–water partition coefficient (Wildman–Crippen LogP) is 0.767. The van der Waals surface area contributed by atoms with Crippen molar-refractivity contribution < 1.29 is 27.1 Å². The van der Waals surface area contributed by atoms with Crippen LogP contribution in [0, 0.1) is 19.8 Å². The highest BCUT2D eigenvalue weighted by Gasteiger charge is 2.47. The summed E-state index contributed by atoms with van der Waals surface area (Å²) in [7, 11) is -2.69. The van der Waals surface area contributed by atoms with Crippen LogP contribution in [0.4, 0.5) is 8.78 Å². The minimum atomic E-state index is -4.23. The van der Waals surface area contributed by atoms with E-state index >= 15 is 0 Å². The average Bonchev–Trinajstić information content (AvgIpc) is 2.61. The molecule has 0 bridgehead atoms. The standard InChI is InChI=1S/C12H17F2N3O4S/c1-7-10(8(2)16(3)15-7)22(20,21)17-5-9(11(18)19)4-12(13,14)6-17/h9H,4-6H2,1-3H3,(H,18,19). The second-order valence-electron chi connectivity index (χ2n) is 5.52. The van der Waals surface area contributed by atoms with Crippen LogP contribution < -0.4 is 0 Å². The molecule has 1 saturated heterocycles. The molecular formula is C12H17F2N3O4S. The number of aromatic nitrogens is 2. The number of carboxylic acids is 1. The molecule has 0 spiro atoms. The Bertz CT molecular complexity index is 714. The Morgan fingerprint density at radius 3 is 2.45 bits per heavy atom. The maximum atomic E-state index is 13.7. The molecule has 2 rings (SSSR count). The lowest BCUT2D eigenvalue weighted by Gasteiger charge is -2.35. The molecule has 1 atom stereocenters. The number of piperidine rings is 1. The minimum Gasteiger partial charge on any atom is -0.481 e. The smallest absolute Gasteiger partial charge is 0.308 e. The molecule has 1 aliphatic rings. The van der Waals surface area contributed by atoms with Gasteiger partial charge in [0.1, 0.15) is 4.90 Å². The minimum absolute atomic E-state index is 0.142. The number of carbonyl (C=O) groups is 1. The summed E-state index contributed by atoms with van der Waals surface area (Å²) in [6, 6.07) is 0. The van der Waals surface area contributed by atoms with Crippen LogP contribution in [-0.4, -0.2) is 52.6 Å². The van der Waals surface area contributed by atoms with Crippen molar-refractivity contribution in [2.45, 2.75) is 31.1 Å². The molecule has 1 aromatic heterocycles. The summed E-state index contributed by atoms with van der Waals surface area (Å²) in [5.41, 5.74) is 0.513. The molecule has 1 aliphatic heterocycles. The summed E-state index contributed by atoms with van der Waals surface area (Å²) in [6.45, 7) is 1.49. The molecule has 0 aliphatic carbocycles. The summed E-state index contributed by atoms with van der Waals surface area (Å²) in [4.78, 5) is 10.9. The highest BCUT2D eigenvalue weighted by Crippen LogP contribution is 2.34. The third-order valence-electron chi connectivity index (χ3n) is 3.77. The van der Waals surface area contributed by atoms with Gasteiger partial charge in [-0.15, -0.1) is 0 Å². The van der Waals surface area contributed by atoms with Crippen LogP contribution in [0.2, 0.25) is 0 Å². The maximum absolute atomic E-state index is 13.7. The molecule has 1 aromatic rings. The van der Waals surface area contributed by atoms with E-state index in [0.29, 0.717) is 10.00 Å². The second kappa shape index (κ2) is 5.27. The predicted molar refractivity (Wildman–Crippen MR) is 72.1 cm³/mol. The molecule has 22 heavy (non-hydrogen) atoms. The molecule has 1 N–H and O–H groups in total. The van der Waals surface area contributed by atoms with Crippen molar-refractivity contribution in [2.24, 2.45) is 13.0 Å². The van der Waals surface area contributed by atoms with Crippen LogP contribution in [0.3, 0.4) is 0 Å². The van der Waals surface area contributed by atoms with E-state index in [1.165, 1.54) is 18.5 Å². The SMILES string of the molecule is Cc1nn(C)c(C)c1S(=O)(=O)N1CC(C(=O)O)CC(F)(F)C1. The fourth-order valence-electron chi connectivity index (χ4n) is 2.66. The van der Waals surface area contributed by atoms with Gasteiger partial charge in [-0.2, -0.15) is 9.40 Å². The lowest BCUT2D eigenvalue weighted by molar-refractivity contribution is -0.150. The van der Waals surface area contributed by atoms with Crippen LogP contribution in [0.15, 0.2) is 4.90 Å². The van der Waals surface area contributed by atoms with Gasteiger partial charge in [0.2, 0.25) is 10.0 Å². The largest absolute Gasteiger partial charge is 0.481 e. The Morgan fingerprint density at radius 1 is 1.41 bits per heavy atom. The summed E-state index contributed by atoms with van der Waals surface area (Å²) in [5, 5.41) is 12.9. The molecule has 0 amide bonds. The Balaban J connectivity index is 2.46. The van der Waals surface area contributed by atoms with Crippen LogP contribution in [-0.2, 0) is 21.9 Å². The maximum Gasteiger partial charge on any atom is 0.308 e. The molecular weight excluding hydrogens is 320 g/mol. The van der Waals surface area contributed by atoms with Crippen molar-refractivity contribution in [3.8, 4) is 0 Å². The van der Waals surface area contributed by atoms with Crippen molar-refractivity contribution in [3.05, 3.63) is 11.4 Å². The number of alkyl halides is 2. The summed E-state index contributed by atoms with van der Waals surface area (Å²) in [5.74, 6) is -6.24. The first-order chi connectivity index (χ1) is 9.95. The zero-order valence-electron chi connectivity index (χ0n) is 12.4. The van der Waals surface area contributed by atoms with E-state index < -0.39 is 47.3 Å². The highest BCUT2D eigenvalue weighted by molar-refractivity contribution is 7.89. The van der Waals surface area contributed by atoms with Gasteiger partial charge < -0.3 is 5.11 Å². The molecule has 0 saturated carbocycles. The number of rotatable bonds is 3. The van der Waals surface area contributed by atoms with Gasteiger partial charge in [-0.05, 0) is 13.8 Å². The Morgan fingerprint density at radius 2 is 2.00 bits per heavy atom. The van der Waals surface area contributed by atoms with Gasteiger partial charge >= 0.3 is 5.97 Å². The van der Waals surface area contributed by atoms with E-state index in [0.717, 1.165) is 0 Å². The van der Waals surface area contributed by atoms with E-state index in [9.17, 15) is 22.0 Å². The van der Waals surface area contributed by atoms with E-state index in [-0.39, 0.29) is 10.6 Å². The summed E-state index contributed by atoms with van der Waals surface area (Å²) >= 11 is 0. The van der Waals surface area contributed by atoms with Crippen molar-refractivity contribution >= 4 is 16.0 Å². The van der Waals surface area contributed by atoms with Gasteiger partial charge in [-0.1, -0.05) is 0 Å². The molecule has 7 nitrogen and oxygen atoms in total. The Labute approximate surface area is 126 Å². The monoisotopic (exact) mass is 337 g/mol. The lowest BCUT2D eigenvalue weighted by Crippen LogP contribution is -2.51. The quantitative estimate of drug-likeness (QED) is 0.879. The fourth-order valence-corrected chi connectivity index (χ4v) is 4.58. The molecule has 2 heterocycles. The lowest BCUT2D eigenvalue weighted by atomic mass is 9.97. The van der Waals surface area contributed by atoms with E-state index in [2.05, 4.69) is 5.10 Å². The topological polar surface area (TPSA) is 92.5 Å². The van der Waals surface area contributed by atoms with Gasteiger partial charge in [-0.25, -0.2) is 17.2 Å². The highest BCUT2D eigenvalue weighted by atomic mass is 32.2. The molecule has 0 aromatic carbocycles. The van der Waals surface area contributed by atoms with Crippen molar-refractivity contribution in [3.63, 3.8) is 0 Å². The van der Waals surface area contributed by atoms with Gasteiger partial charge in [0.15, 0.2) is 0 Å². The number of aliphatic carboxylic acids is 1. The van der Waals surface area contributed by atoms with Gasteiger partial charge in [0, 0.05) is 20.0 Å². The van der Waals surface area contributed by atoms with Gasteiger partial charge in [-0.3, -0.25) is 9.48 Å². The third kappa shape index (κ3) is 2.84. The number of halogens is 2. The number of aryl methyl sites for hydroxylation is 2. The number of sulfonamides is 1. The first kappa shape index (κ1) is 16.8. The normalized spacial score (nSPS) is 22.7. The average molecular weight is 337 g/mol. The van der Waals surface area contributed by atoms with Gasteiger partial charge in [0.05, 0.1) is 23.9 Å². The Hall–Kier alpha value is -1.55. The van der Waals surface area contributed by atoms with Crippen LogP contribution >= 0.6 is 0 Å². The molecule has 1 unspecified atom stereocenters. The Kier molecular flexibility index (Phi) is 4.03. The van der Waals surface area contributed by atoms with Gasteiger partial charge in [0.25, 0.3) is 5.92 Å². The number of hydrogen-bond acceptors (Lipinski definition) is 4. The van der Waals surface area contributed by atoms with Crippen LogP contribution in [0.5, 0.6) is 0 Å². The first-order valence-corrected chi connectivity index (χ1v) is 8.00. The van der Waals surface area contributed by atoms with Crippen LogP contribution in [0.1, 0.15) is 17.8 Å². The third-order valence-corrected chi connectivity index (χ3v) is 5.83. The zero-order valence-corrected chi connectivity index (χ0v) is 13.2. The number of hydrogen-bond donors (Lipinski definition) is 1. The summed E-state index contributed by atoms with van der Waals surface area (Å²) in [6.07, 6.45) is -0.862. The van der Waals surface area contributed by atoms with E-state index in [4.69, 9.17) is 5.11 Å². The molecule has 1 fully saturated rings. The van der Waals surface area contributed by atoms with Crippen molar-refractivity contribution in [1.29, 1.82) is 0 Å². The van der Waals surface area contributed by atoms with Crippen LogP contribution in [0.25, 0.3) is 0 Å². The second-order valence-corrected chi connectivity index (χ2v) is 7.39. The van der Waals surface area contributed by atoms with Crippen molar-refractivity contribution in [2.75, 3.05) is 13.1 Å². The van der Waals surface area contributed by atoms with E-state index in [1.807, 2.05) is 0 Å². The first-order valence-electron chi connectivity index (χ1n) is 6.56. The zero-order chi connectivity index (χ0) is 16.9. The number of nitrogens with zero attached hydrogens (tertiary/aromatic N) is 3. The van der Waals surface area contributed by atoms with Crippen molar-refractivity contribution in [1.82, 2.24) is 14.1 Å². The number of carboxylic acid groups (broad SMARTS) is 1. The molecule has 0 radical (unpaired) electrons. The summed E-state index contributed by atoms with van der Waals surface area (Å²) < 4.78 is 54.6. The molecule has 124 valence electrons. The molecule has 10 heteroatoms. The fraction of sp³-hybridized carbons (Fsp3) is 0.667.